The minimum atomic E-state index is -4.73. The average Bonchev–Trinajstić information content (AvgIpc) is 2.97. The van der Waals surface area contributed by atoms with Gasteiger partial charge in [0.15, 0.2) is 0 Å². The van der Waals surface area contributed by atoms with Crippen LogP contribution >= 0.6 is 0 Å². The number of benzene rings is 3. The summed E-state index contributed by atoms with van der Waals surface area (Å²) in [4.78, 5) is 28.1. The molecule has 2 amide bonds. The van der Waals surface area contributed by atoms with Crippen LogP contribution in [-0.2, 0) is 32.2 Å². The fourth-order valence-corrected chi connectivity index (χ4v) is 5.77. The molecule has 0 heterocycles. The summed E-state index contributed by atoms with van der Waals surface area (Å²) in [5.41, 5.74) is -0.466. The second-order valence-corrected chi connectivity index (χ2v) is 11.3. The summed E-state index contributed by atoms with van der Waals surface area (Å²) in [7, 11) is -4.46. The third kappa shape index (κ3) is 8.32. The van der Waals surface area contributed by atoms with Crippen molar-refractivity contribution >= 4 is 27.5 Å². The van der Waals surface area contributed by atoms with Gasteiger partial charge in [0.05, 0.1) is 16.1 Å². The molecule has 0 radical (unpaired) electrons. The fraction of sp³-hybridized carbons (Fsp3) is 0.333. The average molecular weight is 590 g/mol. The van der Waals surface area contributed by atoms with Crippen LogP contribution in [0.5, 0.6) is 0 Å². The van der Waals surface area contributed by atoms with Crippen LogP contribution in [0.25, 0.3) is 0 Å². The maximum absolute atomic E-state index is 13.9. The van der Waals surface area contributed by atoms with Gasteiger partial charge in [-0.1, -0.05) is 68.4 Å². The molecule has 3 rings (SSSR count). The van der Waals surface area contributed by atoms with Crippen LogP contribution in [0.15, 0.2) is 89.8 Å². The van der Waals surface area contributed by atoms with Crippen molar-refractivity contribution in [1.82, 2.24) is 10.2 Å². The van der Waals surface area contributed by atoms with Gasteiger partial charge in [0.25, 0.3) is 10.0 Å². The SMILES string of the molecule is CCCNC(=O)[C@@H](CC)N(CCc1ccccc1)C(=O)CN(c1cccc(C(F)(F)F)c1)S(=O)(=O)c1ccccc1. The lowest BCUT2D eigenvalue weighted by Gasteiger charge is -2.33. The molecule has 7 nitrogen and oxygen atoms in total. The molecule has 11 heteroatoms. The number of amides is 2. The van der Waals surface area contributed by atoms with Gasteiger partial charge in [0.2, 0.25) is 11.8 Å². The number of anilines is 1. The summed E-state index contributed by atoms with van der Waals surface area (Å²) < 4.78 is 68.8. The first-order valence-corrected chi connectivity index (χ1v) is 14.8. The predicted octanol–water partition coefficient (Wildman–Crippen LogP) is 5.28. The van der Waals surface area contributed by atoms with E-state index in [0.717, 1.165) is 17.7 Å². The number of carbonyl (C=O) groups excluding carboxylic acids is 2. The van der Waals surface area contributed by atoms with Crippen LogP contribution in [-0.4, -0.2) is 50.8 Å². The monoisotopic (exact) mass is 589 g/mol. The summed E-state index contributed by atoms with van der Waals surface area (Å²) in [5, 5.41) is 2.79. The zero-order valence-corrected chi connectivity index (χ0v) is 23.8. The van der Waals surface area contributed by atoms with Crippen molar-refractivity contribution in [3.05, 3.63) is 96.1 Å². The molecular weight excluding hydrogens is 555 g/mol. The summed E-state index contributed by atoms with van der Waals surface area (Å²) in [5.74, 6) is -1.09. The molecule has 1 N–H and O–H groups in total. The van der Waals surface area contributed by atoms with E-state index in [1.165, 1.54) is 35.2 Å². The molecule has 0 aliphatic carbocycles. The molecule has 41 heavy (non-hydrogen) atoms. The van der Waals surface area contributed by atoms with Gasteiger partial charge in [-0.25, -0.2) is 8.42 Å². The van der Waals surface area contributed by atoms with Crippen LogP contribution < -0.4 is 9.62 Å². The van der Waals surface area contributed by atoms with Gasteiger partial charge in [0.1, 0.15) is 12.6 Å². The first kappa shape index (κ1) is 31.7. The van der Waals surface area contributed by atoms with E-state index in [0.29, 0.717) is 29.8 Å². The molecule has 0 unspecified atom stereocenters. The second-order valence-electron chi connectivity index (χ2n) is 9.41. The lowest BCUT2D eigenvalue weighted by molar-refractivity contribution is -0.139. The van der Waals surface area contributed by atoms with Gasteiger partial charge in [0, 0.05) is 13.1 Å². The maximum atomic E-state index is 13.9. The minimum absolute atomic E-state index is 0.0999. The first-order valence-electron chi connectivity index (χ1n) is 13.3. The largest absolute Gasteiger partial charge is 0.416 e. The predicted molar refractivity (Wildman–Crippen MR) is 152 cm³/mol. The number of sulfonamides is 1. The quantitative estimate of drug-likeness (QED) is 0.294. The van der Waals surface area contributed by atoms with Gasteiger partial charge < -0.3 is 10.2 Å². The summed E-state index contributed by atoms with van der Waals surface area (Å²) in [6.45, 7) is 3.33. The Morgan fingerprint density at radius 2 is 1.54 bits per heavy atom. The summed E-state index contributed by atoms with van der Waals surface area (Å²) in [6, 6.07) is 19.4. The van der Waals surface area contributed by atoms with Crippen molar-refractivity contribution in [1.29, 1.82) is 0 Å². The Hall–Kier alpha value is -3.86. The lowest BCUT2D eigenvalue weighted by Crippen LogP contribution is -2.53. The van der Waals surface area contributed by atoms with Crippen LogP contribution in [0.4, 0.5) is 18.9 Å². The Morgan fingerprint density at radius 3 is 2.12 bits per heavy atom. The molecule has 3 aromatic rings. The molecule has 0 aromatic heterocycles. The van der Waals surface area contributed by atoms with Crippen molar-refractivity contribution in [3.63, 3.8) is 0 Å². The van der Waals surface area contributed by atoms with E-state index in [1.54, 1.807) is 13.0 Å². The molecule has 0 saturated carbocycles. The van der Waals surface area contributed by atoms with Gasteiger partial charge in [-0.3, -0.25) is 13.9 Å². The van der Waals surface area contributed by atoms with Crippen molar-refractivity contribution in [2.75, 3.05) is 23.9 Å². The van der Waals surface area contributed by atoms with Crippen LogP contribution in [0.1, 0.15) is 37.8 Å². The molecule has 3 aromatic carbocycles. The Labute approximate surface area is 239 Å². The zero-order chi connectivity index (χ0) is 30.0. The Bertz CT molecular complexity index is 1400. The lowest BCUT2D eigenvalue weighted by atomic mass is 10.1. The maximum Gasteiger partial charge on any atom is 0.416 e. The number of rotatable bonds is 13. The highest BCUT2D eigenvalue weighted by Gasteiger charge is 2.35. The smallest absolute Gasteiger partial charge is 0.354 e. The van der Waals surface area contributed by atoms with Crippen LogP contribution in [0.3, 0.4) is 0 Å². The highest BCUT2D eigenvalue weighted by Crippen LogP contribution is 2.33. The third-order valence-electron chi connectivity index (χ3n) is 6.49. The number of alkyl halides is 3. The highest BCUT2D eigenvalue weighted by atomic mass is 32.2. The van der Waals surface area contributed by atoms with E-state index < -0.39 is 40.3 Å². The van der Waals surface area contributed by atoms with Crippen molar-refractivity contribution in [2.45, 2.75) is 50.2 Å². The van der Waals surface area contributed by atoms with E-state index in [9.17, 15) is 31.2 Å². The van der Waals surface area contributed by atoms with Gasteiger partial charge >= 0.3 is 6.18 Å². The van der Waals surface area contributed by atoms with Gasteiger partial charge in [-0.2, -0.15) is 13.2 Å². The second kappa shape index (κ2) is 14.2. The normalized spacial score (nSPS) is 12.4. The molecule has 0 fully saturated rings. The number of halogens is 3. The Morgan fingerprint density at radius 1 is 0.902 bits per heavy atom. The Kier molecular flexibility index (Phi) is 10.9. The van der Waals surface area contributed by atoms with Crippen LogP contribution in [0, 0.1) is 0 Å². The summed E-state index contributed by atoms with van der Waals surface area (Å²) in [6.07, 6.45) is -3.41. The number of hydrogen-bond acceptors (Lipinski definition) is 4. The fourth-order valence-electron chi connectivity index (χ4n) is 4.35. The first-order chi connectivity index (χ1) is 19.5. The molecule has 220 valence electrons. The molecule has 1 atom stereocenters. The standard InChI is InChI=1S/C30H34F3N3O4S/c1-3-19-34-29(38)27(4-2)35(20-18-23-12-7-5-8-13-23)28(37)22-36(41(39,40)26-16-9-6-10-17-26)25-15-11-14-24(21-25)30(31,32)33/h5-17,21,27H,3-4,18-20,22H2,1-2H3,(H,34,38)/t27-/m1/s1. The molecule has 0 aliphatic heterocycles. The van der Waals surface area contributed by atoms with Crippen molar-refractivity contribution in [3.8, 4) is 0 Å². The highest BCUT2D eigenvalue weighted by molar-refractivity contribution is 7.92. The van der Waals surface area contributed by atoms with E-state index >= 15 is 0 Å². The van der Waals surface area contributed by atoms with Crippen LogP contribution in [0.2, 0.25) is 0 Å². The molecule has 0 aliphatic rings. The van der Waals surface area contributed by atoms with E-state index in [1.807, 2.05) is 37.3 Å². The van der Waals surface area contributed by atoms with E-state index in [4.69, 9.17) is 0 Å². The number of hydrogen-bond donors (Lipinski definition) is 1. The topological polar surface area (TPSA) is 86.8 Å². The Balaban J connectivity index is 2.05. The number of nitrogens with one attached hydrogen (secondary N) is 1. The number of nitrogens with zero attached hydrogens (tertiary/aromatic N) is 2. The molecule has 0 spiro atoms. The summed E-state index contributed by atoms with van der Waals surface area (Å²) >= 11 is 0. The zero-order valence-electron chi connectivity index (χ0n) is 23.0. The number of carbonyl (C=O) groups is 2. The molecule has 0 bridgehead atoms. The van der Waals surface area contributed by atoms with Crippen molar-refractivity contribution in [2.24, 2.45) is 0 Å². The van der Waals surface area contributed by atoms with Gasteiger partial charge in [-0.15, -0.1) is 0 Å². The molecular formula is C30H34F3N3O4S. The third-order valence-corrected chi connectivity index (χ3v) is 8.28. The van der Waals surface area contributed by atoms with E-state index in [-0.39, 0.29) is 29.5 Å². The minimum Gasteiger partial charge on any atom is -0.354 e. The van der Waals surface area contributed by atoms with E-state index in [2.05, 4.69) is 5.32 Å². The molecule has 0 saturated heterocycles. The van der Waals surface area contributed by atoms with Crippen molar-refractivity contribution < 1.29 is 31.2 Å². The van der Waals surface area contributed by atoms with Gasteiger partial charge in [-0.05, 0) is 55.2 Å².